The fourth-order valence-corrected chi connectivity index (χ4v) is 3.34. The summed E-state index contributed by atoms with van der Waals surface area (Å²) in [4.78, 5) is 4.48. The summed E-state index contributed by atoms with van der Waals surface area (Å²) in [5.41, 5.74) is 5.48. The van der Waals surface area contributed by atoms with Crippen LogP contribution >= 0.6 is 0 Å². The number of benzene rings is 1. The number of nitrogens with zero attached hydrogens (tertiary/aromatic N) is 3. The van der Waals surface area contributed by atoms with Crippen molar-refractivity contribution in [3.63, 3.8) is 0 Å². The largest absolute Gasteiger partial charge is 0.508 e. The molecule has 0 unspecified atom stereocenters. The van der Waals surface area contributed by atoms with E-state index in [2.05, 4.69) is 23.5 Å². The third-order valence-electron chi connectivity index (χ3n) is 4.34. The topological polar surface area (TPSA) is 50.9 Å². The number of pyridine rings is 1. The Balaban J connectivity index is 1.93. The van der Waals surface area contributed by atoms with E-state index in [-0.39, 0.29) is 11.2 Å². The Morgan fingerprint density at radius 2 is 1.87 bits per heavy atom. The van der Waals surface area contributed by atoms with Crippen molar-refractivity contribution in [2.45, 2.75) is 26.8 Å². The van der Waals surface area contributed by atoms with E-state index in [4.69, 9.17) is 5.10 Å². The van der Waals surface area contributed by atoms with Crippen molar-refractivity contribution >= 4 is 0 Å². The fourth-order valence-electron chi connectivity index (χ4n) is 3.34. The lowest BCUT2D eigenvalue weighted by Crippen LogP contribution is -2.13. The van der Waals surface area contributed by atoms with Gasteiger partial charge in [-0.15, -0.1) is 0 Å². The monoisotopic (exact) mass is 305 g/mol. The third kappa shape index (κ3) is 2.40. The summed E-state index contributed by atoms with van der Waals surface area (Å²) in [5.74, 6) is 0.275. The molecule has 2 aromatic heterocycles. The molecule has 4 rings (SSSR count). The number of fused-ring (bicyclic) bond motifs is 1. The van der Waals surface area contributed by atoms with Crippen molar-refractivity contribution in [2.24, 2.45) is 5.41 Å². The molecule has 0 amide bonds. The van der Waals surface area contributed by atoms with Crippen molar-refractivity contribution in [3.05, 3.63) is 54.4 Å². The molecule has 0 fully saturated rings. The average molecular weight is 305 g/mol. The van der Waals surface area contributed by atoms with Crippen molar-refractivity contribution in [2.75, 3.05) is 0 Å². The molecule has 0 aliphatic carbocycles. The molecule has 1 aliphatic heterocycles. The van der Waals surface area contributed by atoms with Gasteiger partial charge in [-0.05, 0) is 41.7 Å². The minimum Gasteiger partial charge on any atom is -0.508 e. The van der Waals surface area contributed by atoms with Gasteiger partial charge in [0.25, 0.3) is 0 Å². The number of hydrogen-bond acceptors (Lipinski definition) is 3. The minimum absolute atomic E-state index is 0.219. The van der Waals surface area contributed by atoms with Gasteiger partial charge in [0.1, 0.15) is 11.4 Å². The van der Waals surface area contributed by atoms with Crippen LogP contribution in [0.15, 0.2) is 48.7 Å². The number of aromatic nitrogens is 3. The van der Waals surface area contributed by atoms with E-state index >= 15 is 0 Å². The summed E-state index contributed by atoms with van der Waals surface area (Å²) >= 11 is 0. The van der Waals surface area contributed by atoms with Gasteiger partial charge >= 0.3 is 0 Å². The molecular weight excluding hydrogens is 286 g/mol. The van der Waals surface area contributed by atoms with Crippen molar-refractivity contribution < 1.29 is 5.11 Å². The van der Waals surface area contributed by atoms with Crippen LogP contribution in [0.2, 0.25) is 0 Å². The number of aromatic hydroxyl groups is 1. The third-order valence-corrected chi connectivity index (χ3v) is 4.34. The van der Waals surface area contributed by atoms with Gasteiger partial charge in [0.05, 0.1) is 5.69 Å². The van der Waals surface area contributed by atoms with Gasteiger partial charge in [0.15, 0.2) is 0 Å². The second-order valence-corrected chi connectivity index (χ2v) is 6.93. The summed E-state index contributed by atoms with van der Waals surface area (Å²) in [6.45, 7) is 5.45. The van der Waals surface area contributed by atoms with E-state index in [1.54, 1.807) is 18.3 Å². The van der Waals surface area contributed by atoms with Crippen LogP contribution in [0, 0.1) is 5.41 Å². The van der Waals surface area contributed by atoms with E-state index in [9.17, 15) is 5.11 Å². The van der Waals surface area contributed by atoms with Crippen molar-refractivity contribution in [1.29, 1.82) is 0 Å². The van der Waals surface area contributed by atoms with E-state index in [1.807, 2.05) is 30.3 Å². The van der Waals surface area contributed by atoms with E-state index < -0.39 is 0 Å². The first-order valence-electron chi connectivity index (χ1n) is 7.84. The molecular formula is C19H19N3O. The highest BCUT2D eigenvalue weighted by Crippen LogP contribution is 2.41. The zero-order valence-corrected chi connectivity index (χ0v) is 13.3. The Labute approximate surface area is 135 Å². The van der Waals surface area contributed by atoms with E-state index in [1.165, 1.54) is 5.69 Å². The maximum atomic E-state index is 9.58. The molecule has 1 aliphatic rings. The predicted octanol–water partition coefficient (Wildman–Crippen LogP) is 3.90. The standard InChI is InChI=1S/C19H19N3O/c1-19(2)11-16-17(13-6-8-14(23)9-7-13)18(21-22(16)12-19)15-5-3-4-10-20-15/h3-10,23H,11-12H2,1-2H3. The van der Waals surface area contributed by atoms with Gasteiger partial charge in [0, 0.05) is 24.0 Å². The summed E-state index contributed by atoms with van der Waals surface area (Å²) in [7, 11) is 0. The first kappa shape index (κ1) is 14.0. The van der Waals surface area contributed by atoms with Crippen LogP contribution in [0.4, 0.5) is 0 Å². The van der Waals surface area contributed by atoms with Crippen LogP contribution in [-0.2, 0) is 13.0 Å². The maximum absolute atomic E-state index is 9.58. The van der Waals surface area contributed by atoms with Crippen LogP contribution in [0.25, 0.3) is 22.5 Å². The number of rotatable bonds is 2. The summed E-state index contributed by atoms with van der Waals surface area (Å²) in [5, 5.41) is 14.4. The van der Waals surface area contributed by atoms with Crippen LogP contribution in [0.3, 0.4) is 0 Å². The number of hydrogen-bond donors (Lipinski definition) is 1. The lowest BCUT2D eigenvalue weighted by atomic mass is 9.88. The highest BCUT2D eigenvalue weighted by molar-refractivity contribution is 5.82. The van der Waals surface area contributed by atoms with Gasteiger partial charge in [-0.3, -0.25) is 9.67 Å². The van der Waals surface area contributed by atoms with Crippen molar-refractivity contribution in [3.8, 4) is 28.3 Å². The molecule has 23 heavy (non-hydrogen) atoms. The van der Waals surface area contributed by atoms with Gasteiger partial charge in [0.2, 0.25) is 0 Å². The fraction of sp³-hybridized carbons (Fsp3) is 0.263. The summed E-state index contributed by atoms with van der Waals surface area (Å²) in [6, 6.07) is 13.2. The molecule has 0 atom stereocenters. The molecule has 1 aromatic carbocycles. The second kappa shape index (κ2) is 4.95. The average Bonchev–Trinajstić information content (AvgIpc) is 3.01. The van der Waals surface area contributed by atoms with Gasteiger partial charge < -0.3 is 5.11 Å². The molecule has 3 heterocycles. The second-order valence-electron chi connectivity index (χ2n) is 6.93. The molecule has 0 radical (unpaired) electrons. The van der Waals surface area contributed by atoms with Crippen LogP contribution < -0.4 is 0 Å². The first-order chi connectivity index (χ1) is 11.0. The number of phenols is 1. The summed E-state index contributed by atoms with van der Waals surface area (Å²) in [6.07, 6.45) is 2.79. The van der Waals surface area contributed by atoms with Crippen LogP contribution in [-0.4, -0.2) is 19.9 Å². The SMILES string of the molecule is CC1(C)Cc2c(-c3ccc(O)cc3)c(-c3ccccn3)nn2C1. The molecule has 0 saturated heterocycles. The van der Waals surface area contributed by atoms with Gasteiger partial charge in [-0.25, -0.2) is 0 Å². The molecule has 4 heteroatoms. The minimum atomic E-state index is 0.219. The molecule has 1 N–H and O–H groups in total. The van der Waals surface area contributed by atoms with Crippen LogP contribution in [0.5, 0.6) is 5.75 Å². The van der Waals surface area contributed by atoms with E-state index in [0.29, 0.717) is 0 Å². The zero-order chi connectivity index (χ0) is 16.0. The molecule has 0 spiro atoms. The van der Waals surface area contributed by atoms with Crippen molar-refractivity contribution in [1.82, 2.24) is 14.8 Å². The quantitative estimate of drug-likeness (QED) is 0.781. The maximum Gasteiger partial charge on any atom is 0.119 e. The first-order valence-corrected chi connectivity index (χ1v) is 7.84. The Morgan fingerprint density at radius 3 is 2.57 bits per heavy atom. The smallest absolute Gasteiger partial charge is 0.119 e. The molecule has 0 saturated carbocycles. The highest BCUT2D eigenvalue weighted by atomic mass is 16.3. The Morgan fingerprint density at radius 1 is 1.09 bits per heavy atom. The molecule has 116 valence electrons. The highest BCUT2D eigenvalue weighted by Gasteiger charge is 2.34. The van der Waals surface area contributed by atoms with Crippen LogP contribution in [0.1, 0.15) is 19.5 Å². The van der Waals surface area contributed by atoms with Gasteiger partial charge in [-0.2, -0.15) is 5.10 Å². The normalized spacial score (nSPS) is 15.6. The molecule has 4 nitrogen and oxygen atoms in total. The molecule has 0 bridgehead atoms. The lowest BCUT2D eigenvalue weighted by Gasteiger charge is -2.15. The summed E-state index contributed by atoms with van der Waals surface area (Å²) < 4.78 is 2.12. The lowest BCUT2D eigenvalue weighted by molar-refractivity contribution is 0.347. The van der Waals surface area contributed by atoms with E-state index in [0.717, 1.165) is 35.5 Å². The predicted molar refractivity (Wildman–Crippen MR) is 90.0 cm³/mol. The Hall–Kier alpha value is -2.62. The van der Waals surface area contributed by atoms with Gasteiger partial charge in [-0.1, -0.05) is 32.0 Å². The molecule has 3 aromatic rings. The zero-order valence-electron chi connectivity index (χ0n) is 13.3. The Bertz CT molecular complexity index is 848. The number of phenolic OH excluding ortho intramolecular Hbond substituents is 1. The Kier molecular flexibility index (Phi) is 3.01.